The lowest BCUT2D eigenvalue weighted by atomic mass is 10.1. The van der Waals surface area contributed by atoms with Crippen LogP contribution in [-0.2, 0) is 6.42 Å². The predicted molar refractivity (Wildman–Crippen MR) is 134 cm³/mol. The highest BCUT2D eigenvalue weighted by molar-refractivity contribution is 6.00. The summed E-state index contributed by atoms with van der Waals surface area (Å²) in [7, 11) is 0. The molecule has 0 fully saturated rings. The molecule has 8 heteroatoms. The van der Waals surface area contributed by atoms with Crippen molar-refractivity contribution in [1.29, 1.82) is 0 Å². The number of hydrogen-bond acceptors (Lipinski definition) is 5. The number of anilines is 2. The molecule has 0 bridgehead atoms. The molecule has 174 valence electrons. The molecule has 2 aromatic heterocycles. The van der Waals surface area contributed by atoms with Crippen LogP contribution in [0.25, 0.3) is 10.9 Å². The minimum atomic E-state index is -0.533. The Labute approximate surface area is 201 Å². The topological polar surface area (TPSA) is 101 Å². The van der Waals surface area contributed by atoms with Crippen LogP contribution < -0.4 is 15.4 Å². The zero-order valence-corrected chi connectivity index (χ0v) is 18.8. The third kappa shape index (κ3) is 5.06. The number of imidazole rings is 1. The minimum Gasteiger partial charge on any atom is -0.410 e. The Bertz CT molecular complexity index is 1460. The van der Waals surface area contributed by atoms with Crippen molar-refractivity contribution in [2.24, 2.45) is 0 Å². The Balaban J connectivity index is 1.24. The molecule has 3 aromatic carbocycles. The van der Waals surface area contributed by atoms with E-state index in [1.807, 2.05) is 66.9 Å². The third-order valence-electron chi connectivity index (χ3n) is 5.56. The van der Waals surface area contributed by atoms with Gasteiger partial charge in [-0.25, -0.2) is 14.3 Å². The first-order chi connectivity index (χ1) is 17.2. The van der Waals surface area contributed by atoms with E-state index in [9.17, 15) is 9.59 Å². The van der Waals surface area contributed by atoms with E-state index in [-0.39, 0.29) is 5.91 Å². The summed E-state index contributed by atoms with van der Waals surface area (Å²) in [6.45, 7) is 0.449. The molecular weight excluding hydrogens is 442 g/mol. The average Bonchev–Trinajstić information content (AvgIpc) is 3.56. The minimum absolute atomic E-state index is 0.154. The molecule has 5 rings (SSSR count). The number of aromatic nitrogens is 3. The average molecular weight is 466 g/mol. The second-order valence-corrected chi connectivity index (χ2v) is 7.90. The van der Waals surface area contributed by atoms with Crippen LogP contribution in [0.1, 0.15) is 15.9 Å². The highest BCUT2D eigenvalue weighted by atomic mass is 16.6. The van der Waals surface area contributed by atoms with Gasteiger partial charge in [-0.2, -0.15) is 0 Å². The number of ether oxygens (including phenoxy) is 1. The normalized spacial score (nSPS) is 10.7. The number of H-pyrrole nitrogens is 1. The van der Waals surface area contributed by atoms with E-state index in [1.165, 1.54) is 23.3 Å². The number of fused-ring (bicyclic) bond motifs is 1. The van der Waals surface area contributed by atoms with Gasteiger partial charge in [0.15, 0.2) is 0 Å². The van der Waals surface area contributed by atoms with Gasteiger partial charge in [0.05, 0.1) is 11.3 Å². The summed E-state index contributed by atoms with van der Waals surface area (Å²) in [5.41, 5.74) is 4.16. The van der Waals surface area contributed by atoms with Gasteiger partial charge in [0.1, 0.15) is 12.1 Å². The second kappa shape index (κ2) is 9.96. The number of carbonyl (C=O) groups is 2. The van der Waals surface area contributed by atoms with Crippen LogP contribution in [0.5, 0.6) is 5.75 Å². The lowest BCUT2D eigenvalue weighted by molar-refractivity contribution is 0.0955. The summed E-state index contributed by atoms with van der Waals surface area (Å²) < 4.78 is 6.71. The summed E-state index contributed by atoms with van der Waals surface area (Å²) in [6, 6.07) is 22.6. The highest BCUT2D eigenvalue weighted by Gasteiger charge is 2.13. The zero-order chi connectivity index (χ0) is 24.0. The standard InChI is InChI=1S/C27H23N5O3/c33-26(22-8-4-5-9-25(22)31-20-6-2-1-3-7-20)29-13-12-19-17-30-24-11-10-21(16-23(19)24)35-27(34)32-15-14-28-18-32/h1-11,14-18,30-31H,12-13H2,(H,29,33). The van der Waals surface area contributed by atoms with Gasteiger partial charge in [0.25, 0.3) is 5.91 Å². The molecule has 0 aliphatic heterocycles. The maximum Gasteiger partial charge on any atom is 0.424 e. The number of hydrogen-bond donors (Lipinski definition) is 3. The van der Waals surface area contributed by atoms with Crippen molar-refractivity contribution in [2.45, 2.75) is 6.42 Å². The third-order valence-corrected chi connectivity index (χ3v) is 5.56. The molecule has 2 heterocycles. The van der Waals surface area contributed by atoms with E-state index in [4.69, 9.17) is 4.74 Å². The molecule has 1 amide bonds. The summed E-state index contributed by atoms with van der Waals surface area (Å²) in [4.78, 5) is 32.2. The van der Waals surface area contributed by atoms with Gasteiger partial charge in [0.2, 0.25) is 0 Å². The van der Waals surface area contributed by atoms with Crippen molar-refractivity contribution < 1.29 is 14.3 Å². The van der Waals surface area contributed by atoms with E-state index in [1.54, 1.807) is 12.1 Å². The Hall–Kier alpha value is -4.85. The van der Waals surface area contributed by atoms with Gasteiger partial charge in [-0.3, -0.25) is 4.79 Å². The number of amides is 1. The lowest BCUT2D eigenvalue weighted by Crippen LogP contribution is -2.26. The maximum absolute atomic E-state index is 12.9. The van der Waals surface area contributed by atoms with Crippen LogP contribution >= 0.6 is 0 Å². The van der Waals surface area contributed by atoms with E-state index in [0.717, 1.165) is 27.8 Å². The first kappa shape index (κ1) is 22.0. The van der Waals surface area contributed by atoms with Crippen LogP contribution in [0.3, 0.4) is 0 Å². The van der Waals surface area contributed by atoms with Gasteiger partial charge >= 0.3 is 6.09 Å². The summed E-state index contributed by atoms with van der Waals surface area (Å²) >= 11 is 0. The highest BCUT2D eigenvalue weighted by Crippen LogP contribution is 2.25. The van der Waals surface area contributed by atoms with Gasteiger partial charge in [0, 0.05) is 41.7 Å². The second-order valence-electron chi connectivity index (χ2n) is 7.90. The van der Waals surface area contributed by atoms with Crippen LogP contribution in [0.2, 0.25) is 0 Å². The number of para-hydroxylation sites is 2. The molecule has 5 aromatic rings. The Morgan fingerprint density at radius 3 is 2.66 bits per heavy atom. The molecule has 0 saturated carbocycles. The molecule has 0 atom stereocenters. The summed E-state index contributed by atoms with van der Waals surface area (Å²) in [5, 5.41) is 7.24. The SMILES string of the molecule is O=C(NCCc1c[nH]c2ccc(OC(=O)n3ccnc3)cc12)c1ccccc1Nc1ccccc1. The van der Waals surface area contributed by atoms with Crippen LogP contribution in [0.4, 0.5) is 16.2 Å². The van der Waals surface area contributed by atoms with Gasteiger partial charge < -0.3 is 20.4 Å². The van der Waals surface area contributed by atoms with Crippen molar-refractivity contribution >= 4 is 34.3 Å². The first-order valence-electron chi connectivity index (χ1n) is 11.2. The molecule has 0 radical (unpaired) electrons. The Morgan fingerprint density at radius 1 is 1.00 bits per heavy atom. The smallest absolute Gasteiger partial charge is 0.410 e. The molecule has 3 N–H and O–H groups in total. The van der Waals surface area contributed by atoms with E-state index in [2.05, 4.69) is 20.6 Å². The number of rotatable bonds is 7. The van der Waals surface area contributed by atoms with Crippen LogP contribution in [-0.4, -0.2) is 33.1 Å². The summed E-state index contributed by atoms with van der Waals surface area (Å²) in [5.74, 6) is 0.279. The van der Waals surface area contributed by atoms with Gasteiger partial charge in [-0.1, -0.05) is 30.3 Å². The molecule has 8 nitrogen and oxygen atoms in total. The van der Waals surface area contributed by atoms with Crippen molar-refractivity contribution in [3.63, 3.8) is 0 Å². The fourth-order valence-electron chi connectivity index (χ4n) is 3.82. The quantitative estimate of drug-likeness (QED) is 0.309. The monoisotopic (exact) mass is 465 g/mol. The number of nitrogens with zero attached hydrogens (tertiary/aromatic N) is 2. The van der Waals surface area contributed by atoms with Crippen molar-refractivity contribution in [3.05, 3.63) is 109 Å². The number of aromatic amines is 1. The van der Waals surface area contributed by atoms with Crippen molar-refractivity contribution in [3.8, 4) is 5.75 Å². The van der Waals surface area contributed by atoms with Crippen molar-refractivity contribution in [2.75, 3.05) is 11.9 Å². The predicted octanol–water partition coefficient (Wildman–Crippen LogP) is 5.13. The molecule has 35 heavy (non-hydrogen) atoms. The Morgan fingerprint density at radius 2 is 1.83 bits per heavy atom. The van der Waals surface area contributed by atoms with Crippen molar-refractivity contribution in [1.82, 2.24) is 19.9 Å². The van der Waals surface area contributed by atoms with Crippen LogP contribution in [0, 0.1) is 0 Å². The van der Waals surface area contributed by atoms with E-state index < -0.39 is 6.09 Å². The molecule has 0 aliphatic rings. The fraction of sp³-hybridized carbons (Fsp3) is 0.0741. The number of carbonyl (C=O) groups excluding carboxylic acids is 2. The van der Waals surface area contributed by atoms with E-state index in [0.29, 0.717) is 24.3 Å². The molecule has 0 aliphatic carbocycles. The van der Waals surface area contributed by atoms with Gasteiger partial charge in [-0.05, 0) is 54.4 Å². The molecule has 0 unspecified atom stereocenters. The molecule has 0 spiro atoms. The maximum atomic E-state index is 12.9. The molecular formula is C27H23N5O3. The Kier molecular flexibility index (Phi) is 6.25. The first-order valence-corrected chi connectivity index (χ1v) is 11.2. The van der Waals surface area contributed by atoms with Crippen LogP contribution in [0.15, 0.2) is 97.7 Å². The van der Waals surface area contributed by atoms with Gasteiger partial charge in [-0.15, -0.1) is 0 Å². The number of nitrogens with one attached hydrogen (secondary N) is 3. The van der Waals surface area contributed by atoms with E-state index >= 15 is 0 Å². The fourth-order valence-corrected chi connectivity index (χ4v) is 3.82. The largest absolute Gasteiger partial charge is 0.424 e. The lowest BCUT2D eigenvalue weighted by Gasteiger charge is -2.12. The number of benzene rings is 3. The zero-order valence-electron chi connectivity index (χ0n) is 18.8. The molecule has 0 saturated heterocycles. The summed E-state index contributed by atoms with van der Waals surface area (Å²) in [6.07, 6.45) is 6.41.